The van der Waals surface area contributed by atoms with E-state index in [1.807, 2.05) is 0 Å². The van der Waals surface area contributed by atoms with Crippen molar-refractivity contribution in [3.63, 3.8) is 0 Å². The van der Waals surface area contributed by atoms with Crippen molar-refractivity contribution in [2.75, 3.05) is 18.5 Å². The Morgan fingerprint density at radius 3 is 2.95 bits per heavy atom. The van der Waals surface area contributed by atoms with Crippen LogP contribution >= 0.6 is 0 Å². The minimum absolute atomic E-state index is 0.0797. The van der Waals surface area contributed by atoms with Crippen LogP contribution in [0.5, 0.6) is 0 Å². The third kappa shape index (κ3) is 3.96. The Labute approximate surface area is 110 Å². The van der Waals surface area contributed by atoms with Gasteiger partial charge < -0.3 is 20.5 Å². The molecule has 3 N–H and O–H groups in total. The average molecular weight is 264 g/mol. The van der Waals surface area contributed by atoms with Crippen LogP contribution in [0.15, 0.2) is 24.3 Å². The van der Waals surface area contributed by atoms with E-state index >= 15 is 0 Å². The number of amides is 2. The molecule has 1 atom stereocenters. The van der Waals surface area contributed by atoms with E-state index in [1.165, 1.54) is 12.1 Å². The largest absolute Gasteiger partial charge is 0.478 e. The maximum absolute atomic E-state index is 11.6. The lowest BCUT2D eigenvalue weighted by atomic mass is 10.2. The molecule has 0 bridgehead atoms. The molecule has 1 unspecified atom stereocenters. The maximum Gasteiger partial charge on any atom is 0.335 e. The van der Waals surface area contributed by atoms with Gasteiger partial charge in [0, 0.05) is 18.8 Å². The van der Waals surface area contributed by atoms with Gasteiger partial charge in [-0.25, -0.2) is 9.59 Å². The summed E-state index contributed by atoms with van der Waals surface area (Å²) in [6, 6.07) is 5.74. The number of carboxylic acid groups (broad SMARTS) is 1. The Bertz CT molecular complexity index is 469. The molecule has 19 heavy (non-hydrogen) atoms. The van der Waals surface area contributed by atoms with Crippen LogP contribution in [0, 0.1) is 0 Å². The number of carbonyl (C=O) groups is 2. The molecule has 0 saturated carbocycles. The van der Waals surface area contributed by atoms with Crippen molar-refractivity contribution in [1.82, 2.24) is 5.32 Å². The van der Waals surface area contributed by atoms with E-state index in [1.54, 1.807) is 12.1 Å². The minimum Gasteiger partial charge on any atom is -0.478 e. The molecule has 0 aromatic heterocycles. The van der Waals surface area contributed by atoms with Crippen LogP contribution in [-0.2, 0) is 4.74 Å². The first-order valence-corrected chi connectivity index (χ1v) is 6.15. The molecule has 2 rings (SSSR count). The van der Waals surface area contributed by atoms with Crippen LogP contribution in [0.25, 0.3) is 0 Å². The van der Waals surface area contributed by atoms with Crippen LogP contribution in [0.1, 0.15) is 23.2 Å². The fourth-order valence-electron chi connectivity index (χ4n) is 1.92. The number of hydrogen-bond donors (Lipinski definition) is 3. The highest BCUT2D eigenvalue weighted by molar-refractivity contribution is 5.93. The Balaban J connectivity index is 1.84. The number of ether oxygens (including phenoxy) is 1. The smallest absolute Gasteiger partial charge is 0.335 e. The number of aromatic carboxylic acids is 1. The van der Waals surface area contributed by atoms with Crippen molar-refractivity contribution in [2.24, 2.45) is 0 Å². The standard InChI is InChI=1S/C13H16N2O4/c16-12(17)9-3-1-4-10(7-9)15-13(18)14-8-11-5-2-6-19-11/h1,3-4,7,11H,2,5-6,8H2,(H,16,17)(H2,14,15,18). The third-order valence-corrected chi connectivity index (χ3v) is 2.88. The summed E-state index contributed by atoms with van der Waals surface area (Å²) in [5.74, 6) is -1.02. The number of benzene rings is 1. The van der Waals surface area contributed by atoms with Gasteiger partial charge in [-0.15, -0.1) is 0 Å². The van der Waals surface area contributed by atoms with Crippen molar-refractivity contribution in [1.29, 1.82) is 0 Å². The van der Waals surface area contributed by atoms with E-state index in [-0.39, 0.29) is 17.7 Å². The van der Waals surface area contributed by atoms with E-state index in [4.69, 9.17) is 9.84 Å². The van der Waals surface area contributed by atoms with Gasteiger partial charge in [-0.05, 0) is 31.0 Å². The monoisotopic (exact) mass is 264 g/mol. The van der Waals surface area contributed by atoms with E-state index in [2.05, 4.69) is 10.6 Å². The Kier molecular flexibility index (Phi) is 4.35. The number of rotatable bonds is 4. The molecule has 6 heteroatoms. The Morgan fingerprint density at radius 1 is 1.42 bits per heavy atom. The predicted molar refractivity (Wildman–Crippen MR) is 69.4 cm³/mol. The van der Waals surface area contributed by atoms with Crippen LogP contribution in [0.2, 0.25) is 0 Å². The van der Waals surface area contributed by atoms with Gasteiger partial charge in [0.2, 0.25) is 0 Å². The van der Waals surface area contributed by atoms with E-state index < -0.39 is 5.97 Å². The summed E-state index contributed by atoms with van der Waals surface area (Å²) in [7, 11) is 0. The van der Waals surface area contributed by atoms with Gasteiger partial charge in [0.25, 0.3) is 0 Å². The predicted octanol–water partition coefficient (Wildman–Crippen LogP) is 1.69. The normalized spacial score (nSPS) is 18.0. The second kappa shape index (κ2) is 6.19. The van der Waals surface area contributed by atoms with E-state index in [0.717, 1.165) is 19.4 Å². The molecule has 1 saturated heterocycles. The summed E-state index contributed by atoms with van der Waals surface area (Å²) >= 11 is 0. The lowest BCUT2D eigenvalue weighted by Crippen LogP contribution is -2.35. The molecule has 1 aliphatic heterocycles. The molecule has 0 spiro atoms. The summed E-state index contributed by atoms with van der Waals surface area (Å²) in [6.45, 7) is 1.21. The summed E-state index contributed by atoms with van der Waals surface area (Å²) < 4.78 is 5.38. The fraction of sp³-hybridized carbons (Fsp3) is 0.385. The molecule has 1 heterocycles. The number of hydrogen-bond acceptors (Lipinski definition) is 3. The first kappa shape index (κ1) is 13.4. The summed E-state index contributed by atoms with van der Waals surface area (Å²) in [5, 5.41) is 14.1. The highest BCUT2D eigenvalue weighted by Gasteiger charge is 2.16. The van der Waals surface area contributed by atoms with E-state index in [0.29, 0.717) is 12.2 Å². The molecular formula is C13H16N2O4. The van der Waals surface area contributed by atoms with Crippen molar-refractivity contribution >= 4 is 17.7 Å². The molecule has 2 amide bonds. The highest BCUT2D eigenvalue weighted by Crippen LogP contribution is 2.12. The number of urea groups is 1. The van der Waals surface area contributed by atoms with Gasteiger partial charge >= 0.3 is 12.0 Å². The summed E-state index contributed by atoms with van der Waals surface area (Å²) in [4.78, 5) is 22.4. The topological polar surface area (TPSA) is 87.7 Å². The highest BCUT2D eigenvalue weighted by atomic mass is 16.5. The van der Waals surface area contributed by atoms with Crippen molar-refractivity contribution in [2.45, 2.75) is 18.9 Å². The molecule has 1 aromatic carbocycles. The first-order chi connectivity index (χ1) is 9.15. The zero-order chi connectivity index (χ0) is 13.7. The third-order valence-electron chi connectivity index (χ3n) is 2.88. The summed E-state index contributed by atoms with van der Waals surface area (Å²) in [5.41, 5.74) is 0.585. The molecule has 102 valence electrons. The van der Waals surface area contributed by atoms with Crippen LogP contribution < -0.4 is 10.6 Å². The minimum atomic E-state index is -1.02. The molecule has 0 aliphatic carbocycles. The number of carboxylic acids is 1. The van der Waals surface area contributed by atoms with Gasteiger partial charge in [0.05, 0.1) is 11.7 Å². The number of carbonyl (C=O) groups excluding carboxylic acids is 1. The van der Waals surface area contributed by atoms with Gasteiger partial charge in [0.15, 0.2) is 0 Å². The van der Waals surface area contributed by atoms with Crippen LogP contribution in [0.4, 0.5) is 10.5 Å². The average Bonchev–Trinajstić information content (AvgIpc) is 2.90. The van der Waals surface area contributed by atoms with Gasteiger partial charge in [-0.1, -0.05) is 6.07 Å². The van der Waals surface area contributed by atoms with E-state index in [9.17, 15) is 9.59 Å². The quantitative estimate of drug-likeness (QED) is 0.772. The summed E-state index contributed by atoms with van der Waals surface area (Å²) in [6.07, 6.45) is 2.06. The van der Waals surface area contributed by atoms with Crippen molar-refractivity contribution < 1.29 is 19.4 Å². The molecule has 1 aromatic rings. The molecular weight excluding hydrogens is 248 g/mol. The Hall–Kier alpha value is -2.08. The van der Waals surface area contributed by atoms with Crippen LogP contribution in [-0.4, -0.2) is 36.4 Å². The molecule has 0 radical (unpaired) electrons. The molecule has 1 aliphatic rings. The van der Waals surface area contributed by atoms with Gasteiger partial charge in [-0.2, -0.15) is 0 Å². The van der Waals surface area contributed by atoms with Crippen molar-refractivity contribution in [3.8, 4) is 0 Å². The SMILES string of the molecule is O=C(NCC1CCCO1)Nc1cccc(C(=O)O)c1. The second-order valence-corrected chi connectivity index (χ2v) is 4.36. The first-order valence-electron chi connectivity index (χ1n) is 6.15. The van der Waals surface area contributed by atoms with Crippen LogP contribution in [0.3, 0.4) is 0 Å². The van der Waals surface area contributed by atoms with Gasteiger partial charge in [-0.3, -0.25) is 0 Å². The maximum atomic E-state index is 11.6. The van der Waals surface area contributed by atoms with Crippen molar-refractivity contribution in [3.05, 3.63) is 29.8 Å². The second-order valence-electron chi connectivity index (χ2n) is 4.36. The zero-order valence-electron chi connectivity index (χ0n) is 10.4. The number of anilines is 1. The zero-order valence-corrected chi connectivity index (χ0v) is 10.4. The number of nitrogens with one attached hydrogen (secondary N) is 2. The van der Waals surface area contributed by atoms with Gasteiger partial charge in [0.1, 0.15) is 0 Å². The lowest BCUT2D eigenvalue weighted by Gasteiger charge is -2.11. The fourth-order valence-corrected chi connectivity index (χ4v) is 1.92. The Morgan fingerprint density at radius 2 is 2.26 bits per heavy atom. The lowest BCUT2D eigenvalue weighted by molar-refractivity contribution is 0.0697. The molecule has 1 fully saturated rings. The molecule has 6 nitrogen and oxygen atoms in total.